The van der Waals surface area contributed by atoms with E-state index >= 15 is 0 Å². The Labute approximate surface area is 192 Å². The molecule has 0 aliphatic carbocycles. The zero-order chi connectivity index (χ0) is 20.2. The van der Waals surface area contributed by atoms with Crippen LogP contribution >= 0.6 is 11.8 Å². The lowest BCUT2D eigenvalue weighted by Crippen LogP contribution is -3.00. The molecule has 0 spiro atoms. The summed E-state index contributed by atoms with van der Waals surface area (Å²) in [5, 5.41) is 1.05. The molecule has 2 aliphatic heterocycles. The van der Waals surface area contributed by atoms with Gasteiger partial charge in [-0.2, -0.15) is 0 Å². The highest BCUT2D eigenvalue weighted by molar-refractivity contribution is 8.18. The fraction of sp³-hybridized carbons (Fsp3) is 0.304. The number of methoxy groups -OCH3 is 1. The summed E-state index contributed by atoms with van der Waals surface area (Å²) in [7, 11) is 5.79. The van der Waals surface area contributed by atoms with Crippen LogP contribution in [0.2, 0.25) is 0 Å². The van der Waals surface area contributed by atoms with E-state index in [2.05, 4.69) is 66.0 Å². The molecule has 0 atom stereocenters. The molecule has 0 N–H and O–H groups in total. The van der Waals surface area contributed by atoms with Crippen molar-refractivity contribution in [3.8, 4) is 5.75 Å². The third-order valence-electron chi connectivity index (χ3n) is 4.99. The number of benzene rings is 2. The van der Waals surface area contributed by atoms with Gasteiger partial charge in [0.25, 0.3) is 0 Å². The molecule has 0 bridgehead atoms. The first kappa shape index (κ1) is 22.6. The molecular weight excluding hydrogens is 462 g/mol. The van der Waals surface area contributed by atoms with Gasteiger partial charge in [0.1, 0.15) is 18.8 Å². The number of ether oxygens (including phenoxy) is 2. The van der Waals surface area contributed by atoms with E-state index in [0.29, 0.717) is 0 Å². The maximum Gasteiger partial charge on any atom is 0.360 e. The van der Waals surface area contributed by atoms with Gasteiger partial charge in [0.15, 0.2) is 5.71 Å². The summed E-state index contributed by atoms with van der Waals surface area (Å²) in [5.74, 6) is 0.849. The molecular formula is C23H26BrN3O2S. The maximum atomic E-state index is 5.50. The van der Waals surface area contributed by atoms with Crippen LogP contribution in [0.4, 0.5) is 5.69 Å². The van der Waals surface area contributed by atoms with Gasteiger partial charge in [-0.15, -0.1) is 0 Å². The van der Waals surface area contributed by atoms with Crippen molar-refractivity contribution < 1.29 is 31.0 Å². The van der Waals surface area contributed by atoms with E-state index in [4.69, 9.17) is 14.5 Å². The number of aliphatic imine (C=N–C) groups is 1. The largest absolute Gasteiger partial charge is 1.00 e. The van der Waals surface area contributed by atoms with Crippen LogP contribution < -0.4 is 26.6 Å². The number of nitrogens with zero attached hydrogens (tertiary/aromatic N) is 3. The Morgan fingerprint density at radius 3 is 2.30 bits per heavy atom. The van der Waals surface area contributed by atoms with E-state index in [-0.39, 0.29) is 17.0 Å². The zero-order valence-electron chi connectivity index (χ0n) is 17.5. The fourth-order valence-corrected chi connectivity index (χ4v) is 4.38. The summed E-state index contributed by atoms with van der Waals surface area (Å²) in [6, 6.07) is 16.7. The van der Waals surface area contributed by atoms with Crippen LogP contribution in [0.3, 0.4) is 0 Å². The molecule has 7 heteroatoms. The van der Waals surface area contributed by atoms with Crippen LogP contribution in [0.5, 0.6) is 5.75 Å². The number of hydrogen-bond acceptors (Lipinski definition) is 4. The van der Waals surface area contributed by atoms with Gasteiger partial charge < -0.3 is 31.4 Å². The molecule has 0 saturated carbocycles. The average molecular weight is 488 g/mol. The lowest BCUT2D eigenvalue weighted by Gasteiger charge is -2.13. The van der Waals surface area contributed by atoms with E-state index in [0.717, 1.165) is 53.4 Å². The van der Waals surface area contributed by atoms with Gasteiger partial charge in [-0.3, -0.25) is 0 Å². The van der Waals surface area contributed by atoms with Crippen molar-refractivity contribution in [3.05, 3.63) is 64.6 Å². The van der Waals surface area contributed by atoms with Crippen molar-refractivity contribution in [2.45, 2.75) is 0 Å². The molecule has 0 radical (unpaired) electrons. The number of allylic oxidation sites excluding steroid dienone is 1. The normalized spacial score (nSPS) is 17.6. The van der Waals surface area contributed by atoms with Gasteiger partial charge >= 0.3 is 5.17 Å². The van der Waals surface area contributed by atoms with E-state index in [9.17, 15) is 0 Å². The Hall–Kier alpha value is -2.09. The Bertz CT molecular complexity index is 959. The smallest absolute Gasteiger partial charge is 0.360 e. The van der Waals surface area contributed by atoms with Crippen molar-refractivity contribution in [2.75, 3.05) is 52.4 Å². The first-order chi connectivity index (χ1) is 14.1. The van der Waals surface area contributed by atoms with Gasteiger partial charge in [-0.05, 0) is 53.0 Å². The summed E-state index contributed by atoms with van der Waals surface area (Å²) < 4.78 is 13.1. The molecule has 0 aromatic heterocycles. The molecule has 30 heavy (non-hydrogen) atoms. The number of rotatable bonds is 4. The molecule has 2 aliphatic rings. The van der Waals surface area contributed by atoms with E-state index < -0.39 is 0 Å². The highest BCUT2D eigenvalue weighted by Crippen LogP contribution is 2.33. The molecule has 4 rings (SSSR count). The van der Waals surface area contributed by atoms with Crippen LogP contribution in [0, 0.1) is 0 Å². The molecule has 5 nitrogen and oxygen atoms in total. The standard InChI is InChI=1S/C23H26N3O2S.BrH/c1-25(2)19-8-4-17(5-9-19)16-21-22(18-6-10-20(27-3)11-7-18)24-23(29-21)26-12-14-28-15-13-26;/h4-11,16H,12-15H2,1-3H3;1H/q+1;/p-1. The Balaban J connectivity index is 0.00000256. The van der Waals surface area contributed by atoms with Crippen molar-refractivity contribution >= 4 is 34.4 Å². The number of anilines is 1. The van der Waals surface area contributed by atoms with Crippen molar-refractivity contribution in [2.24, 2.45) is 4.99 Å². The second-order valence-electron chi connectivity index (χ2n) is 7.17. The molecule has 1 fully saturated rings. The number of hydrogen-bond donors (Lipinski definition) is 0. The highest BCUT2D eigenvalue weighted by Gasteiger charge is 2.32. The molecule has 2 heterocycles. The average Bonchev–Trinajstić information content (AvgIpc) is 3.18. The van der Waals surface area contributed by atoms with Gasteiger partial charge in [0.2, 0.25) is 0 Å². The van der Waals surface area contributed by atoms with Gasteiger partial charge in [-0.1, -0.05) is 12.1 Å². The summed E-state index contributed by atoms with van der Waals surface area (Å²) in [4.78, 5) is 8.28. The quantitative estimate of drug-likeness (QED) is 0.596. The first-order valence-electron chi connectivity index (χ1n) is 9.74. The summed E-state index contributed by atoms with van der Waals surface area (Å²) >= 11 is 1.74. The minimum absolute atomic E-state index is 0. The second-order valence-corrected chi connectivity index (χ2v) is 8.18. The number of halogens is 1. The Morgan fingerprint density at radius 2 is 1.70 bits per heavy atom. The summed E-state index contributed by atoms with van der Waals surface area (Å²) in [5.41, 5.74) is 4.46. The van der Waals surface area contributed by atoms with Gasteiger partial charge in [-0.25, -0.2) is 4.58 Å². The molecule has 1 saturated heterocycles. The molecule has 2 aromatic carbocycles. The minimum Gasteiger partial charge on any atom is -1.00 e. The second kappa shape index (κ2) is 10.3. The van der Waals surface area contributed by atoms with Crippen molar-refractivity contribution in [1.29, 1.82) is 0 Å². The Kier molecular flexibility index (Phi) is 7.75. The van der Waals surface area contributed by atoms with Crippen LogP contribution in [-0.2, 0) is 4.74 Å². The summed E-state index contributed by atoms with van der Waals surface area (Å²) in [6.45, 7) is 3.27. The van der Waals surface area contributed by atoms with Crippen LogP contribution in [0.15, 0.2) is 58.4 Å². The minimum atomic E-state index is 0. The zero-order valence-corrected chi connectivity index (χ0v) is 19.9. The number of thioether (sulfide) groups is 1. The predicted octanol–water partition coefficient (Wildman–Crippen LogP) is 0.741. The van der Waals surface area contributed by atoms with Crippen LogP contribution in [0.1, 0.15) is 11.1 Å². The van der Waals surface area contributed by atoms with E-state index in [1.807, 2.05) is 12.1 Å². The topological polar surface area (TPSA) is 37.1 Å². The third kappa shape index (κ3) is 5.14. The molecule has 158 valence electrons. The first-order valence-corrected chi connectivity index (χ1v) is 10.6. The number of amidine groups is 1. The monoisotopic (exact) mass is 487 g/mol. The summed E-state index contributed by atoms with van der Waals surface area (Å²) in [6.07, 6.45) is 2.22. The lowest BCUT2D eigenvalue weighted by molar-refractivity contribution is -0.547. The third-order valence-corrected chi connectivity index (χ3v) is 6.06. The van der Waals surface area contributed by atoms with Crippen LogP contribution in [0.25, 0.3) is 6.08 Å². The highest BCUT2D eigenvalue weighted by atomic mass is 79.9. The fourth-order valence-electron chi connectivity index (χ4n) is 3.28. The van der Waals surface area contributed by atoms with Crippen molar-refractivity contribution in [1.82, 2.24) is 0 Å². The van der Waals surface area contributed by atoms with Gasteiger partial charge in [0, 0.05) is 37.1 Å². The van der Waals surface area contributed by atoms with E-state index in [1.54, 1.807) is 18.9 Å². The predicted molar refractivity (Wildman–Crippen MR) is 122 cm³/mol. The number of morpholine rings is 1. The van der Waals surface area contributed by atoms with Crippen molar-refractivity contribution in [3.63, 3.8) is 0 Å². The van der Waals surface area contributed by atoms with E-state index in [1.165, 1.54) is 11.3 Å². The lowest BCUT2D eigenvalue weighted by atomic mass is 10.1. The molecule has 2 aromatic rings. The SMILES string of the molecule is COc1ccc(C2=NC(=[N+]3CCOCC3)SC2=Cc2ccc(N(C)C)cc2)cc1.[Br-]. The molecule has 0 amide bonds. The maximum absolute atomic E-state index is 5.50. The van der Waals surface area contributed by atoms with Crippen LogP contribution in [-0.4, -0.2) is 63.0 Å². The van der Waals surface area contributed by atoms with Gasteiger partial charge in [0.05, 0.1) is 25.2 Å². The molecule has 0 unspecified atom stereocenters. The Morgan fingerprint density at radius 1 is 1.03 bits per heavy atom.